The summed E-state index contributed by atoms with van der Waals surface area (Å²) in [5.41, 5.74) is 13.9. The molecule has 10 nitrogen and oxygen atoms in total. The monoisotopic (exact) mass is 459 g/mol. The Kier molecular flexibility index (Phi) is 7.00. The largest absolute Gasteiger partial charge is 0.494 e. The number of nitriles is 2. The van der Waals surface area contributed by atoms with E-state index in [1.165, 1.54) is 12.8 Å². The molecule has 0 spiro atoms. The number of rotatable bonds is 6. The van der Waals surface area contributed by atoms with Crippen molar-refractivity contribution in [2.45, 2.75) is 32.2 Å². The smallest absolute Gasteiger partial charge is 0.211 e. The highest BCUT2D eigenvalue weighted by Crippen LogP contribution is 2.41. The van der Waals surface area contributed by atoms with Crippen molar-refractivity contribution in [1.82, 2.24) is 15.2 Å². The Balaban J connectivity index is 1.53. The molecule has 0 bridgehead atoms. The fraction of sp³-hybridized carbons (Fsp3) is 0.417. The Morgan fingerprint density at radius 1 is 1.32 bits per heavy atom. The Hall–Kier alpha value is -4.02. The number of hydrogen-bond acceptors (Lipinski definition) is 10. The topological polar surface area (TPSA) is 161 Å². The number of aliphatic imine (C=N–C) groups is 1. The molecule has 2 atom stereocenters. The minimum Gasteiger partial charge on any atom is -0.494 e. The van der Waals surface area contributed by atoms with Crippen LogP contribution < -0.4 is 26.8 Å². The lowest BCUT2D eigenvalue weighted by Crippen LogP contribution is -2.35. The van der Waals surface area contributed by atoms with Gasteiger partial charge in [0.2, 0.25) is 5.96 Å². The van der Waals surface area contributed by atoms with Gasteiger partial charge in [-0.15, -0.1) is 0 Å². The number of pyridine rings is 1. The van der Waals surface area contributed by atoms with Crippen LogP contribution in [0.4, 0.5) is 17.3 Å². The summed E-state index contributed by atoms with van der Waals surface area (Å²) >= 11 is 0. The lowest BCUT2D eigenvalue weighted by atomic mass is 9.95. The predicted octanol–water partition coefficient (Wildman–Crippen LogP) is 2.56. The molecule has 4 rings (SSSR count). The molecule has 0 amide bonds. The molecule has 6 N–H and O–H groups in total. The van der Waals surface area contributed by atoms with Gasteiger partial charge in [-0.2, -0.15) is 10.5 Å². The maximum atomic E-state index is 9.48. The third kappa shape index (κ3) is 4.98. The Morgan fingerprint density at radius 2 is 2.18 bits per heavy atom. The molecule has 1 aromatic carbocycles. The molecular weight excluding hydrogens is 430 g/mol. The van der Waals surface area contributed by atoms with E-state index < -0.39 is 6.04 Å². The highest BCUT2D eigenvalue weighted by Gasteiger charge is 2.29. The molecule has 2 aliphatic rings. The number of nitrogens with one attached hydrogen (secondary N) is 2. The van der Waals surface area contributed by atoms with Crippen LogP contribution in [0, 0.1) is 28.7 Å². The lowest BCUT2D eigenvalue weighted by molar-refractivity contribution is 0.170. The van der Waals surface area contributed by atoms with Crippen LogP contribution >= 0.6 is 0 Å². The van der Waals surface area contributed by atoms with E-state index in [0.29, 0.717) is 18.0 Å². The van der Waals surface area contributed by atoms with Crippen molar-refractivity contribution in [2.75, 3.05) is 43.0 Å². The number of hydrogen-bond donors (Lipinski definition) is 4. The number of nitrogens with two attached hydrogens (primary N) is 2. The van der Waals surface area contributed by atoms with Crippen molar-refractivity contribution in [1.29, 1.82) is 10.5 Å². The van der Waals surface area contributed by atoms with Crippen molar-refractivity contribution in [3.05, 3.63) is 41.0 Å². The number of likely N-dealkylation sites (tertiary alicyclic amines) is 1. The summed E-state index contributed by atoms with van der Waals surface area (Å²) in [6.07, 6.45) is 5.38. The van der Waals surface area contributed by atoms with E-state index >= 15 is 0 Å². The first-order valence-corrected chi connectivity index (χ1v) is 11.4. The SMILES string of the molecule is CC1CCCN(CCCOc2cccc(C3N=C(NC#N)Nc4nc(N)c(C#N)c(N)c43)c2)C1. The van der Waals surface area contributed by atoms with Crippen LogP contribution in [0.15, 0.2) is 29.3 Å². The van der Waals surface area contributed by atoms with Gasteiger partial charge in [0.05, 0.1) is 12.3 Å². The van der Waals surface area contributed by atoms with Crippen LogP contribution in [0.3, 0.4) is 0 Å². The fourth-order valence-corrected chi connectivity index (χ4v) is 4.56. The summed E-state index contributed by atoms with van der Waals surface area (Å²) in [5.74, 6) is 2.08. The standard InChI is InChI=1S/C24H29N9O/c1-15-5-3-8-33(13-15)9-4-10-34-17-7-2-6-16(11-17)21-19-20(27)18(12-25)22(28)31-23(19)32-24(30-21)29-14-26/h2,6-7,11,15,21H,3-5,8-10,13H2,1H3,(H6,27,28,29,30,31,32). The molecule has 2 aliphatic heterocycles. The van der Waals surface area contributed by atoms with E-state index in [0.717, 1.165) is 43.3 Å². The second-order valence-corrected chi connectivity index (χ2v) is 8.72. The van der Waals surface area contributed by atoms with Gasteiger partial charge in [-0.05, 0) is 49.4 Å². The van der Waals surface area contributed by atoms with E-state index in [9.17, 15) is 5.26 Å². The van der Waals surface area contributed by atoms with Crippen LogP contribution in [0.2, 0.25) is 0 Å². The zero-order valence-corrected chi connectivity index (χ0v) is 19.2. The average Bonchev–Trinajstić information content (AvgIpc) is 2.82. The summed E-state index contributed by atoms with van der Waals surface area (Å²) in [7, 11) is 0. The van der Waals surface area contributed by atoms with Crippen molar-refractivity contribution in [3.8, 4) is 18.0 Å². The van der Waals surface area contributed by atoms with Gasteiger partial charge in [-0.1, -0.05) is 19.1 Å². The maximum absolute atomic E-state index is 9.48. The van der Waals surface area contributed by atoms with Crippen molar-refractivity contribution in [2.24, 2.45) is 10.9 Å². The lowest BCUT2D eigenvalue weighted by Gasteiger charge is -2.30. The molecule has 2 unspecified atom stereocenters. The van der Waals surface area contributed by atoms with E-state index in [2.05, 4.69) is 32.4 Å². The normalized spacial score (nSPS) is 19.7. The second kappa shape index (κ2) is 10.3. The van der Waals surface area contributed by atoms with E-state index in [1.807, 2.05) is 36.5 Å². The first-order valence-electron chi connectivity index (χ1n) is 11.4. The van der Waals surface area contributed by atoms with Crippen LogP contribution in [-0.4, -0.2) is 42.1 Å². The van der Waals surface area contributed by atoms with Gasteiger partial charge in [0.25, 0.3) is 0 Å². The summed E-state index contributed by atoms with van der Waals surface area (Å²) in [4.78, 5) is 11.4. The summed E-state index contributed by atoms with van der Waals surface area (Å²) in [6.45, 7) is 6.27. The van der Waals surface area contributed by atoms with Gasteiger partial charge in [0, 0.05) is 18.7 Å². The molecule has 10 heteroatoms. The molecule has 34 heavy (non-hydrogen) atoms. The van der Waals surface area contributed by atoms with Crippen LogP contribution in [-0.2, 0) is 0 Å². The Labute approximate surface area is 199 Å². The summed E-state index contributed by atoms with van der Waals surface area (Å²) in [5, 5.41) is 24.0. The molecule has 1 saturated heterocycles. The number of benzene rings is 1. The first-order chi connectivity index (χ1) is 16.5. The number of ether oxygens (including phenoxy) is 1. The predicted molar refractivity (Wildman–Crippen MR) is 131 cm³/mol. The Bertz CT molecular complexity index is 1160. The first kappa shape index (κ1) is 23.1. The minimum atomic E-state index is -0.592. The van der Waals surface area contributed by atoms with Gasteiger partial charge in [-0.3, -0.25) is 5.32 Å². The van der Waals surface area contributed by atoms with Crippen molar-refractivity contribution >= 4 is 23.3 Å². The van der Waals surface area contributed by atoms with Gasteiger partial charge in [0.15, 0.2) is 6.19 Å². The third-order valence-electron chi connectivity index (χ3n) is 6.16. The molecule has 3 heterocycles. The average molecular weight is 460 g/mol. The molecule has 0 radical (unpaired) electrons. The number of guanidine groups is 1. The number of piperidine rings is 1. The molecule has 1 aromatic heterocycles. The zero-order valence-electron chi connectivity index (χ0n) is 19.2. The number of anilines is 3. The fourth-order valence-electron chi connectivity index (χ4n) is 4.56. The number of nitrogens with zero attached hydrogens (tertiary/aromatic N) is 5. The third-order valence-corrected chi connectivity index (χ3v) is 6.16. The Morgan fingerprint density at radius 3 is 2.94 bits per heavy atom. The van der Waals surface area contributed by atoms with Gasteiger partial charge in [-0.25, -0.2) is 9.98 Å². The van der Waals surface area contributed by atoms with Crippen molar-refractivity contribution < 1.29 is 4.74 Å². The summed E-state index contributed by atoms with van der Waals surface area (Å²) in [6, 6.07) is 9.01. The summed E-state index contributed by atoms with van der Waals surface area (Å²) < 4.78 is 6.03. The van der Waals surface area contributed by atoms with E-state index in [1.54, 1.807) is 0 Å². The van der Waals surface area contributed by atoms with Gasteiger partial charge < -0.3 is 26.4 Å². The van der Waals surface area contributed by atoms with Crippen molar-refractivity contribution in [3.63, 3.8) is 0 Å². The van der Waals surface area contributed by atoms with Crippen LogP contribution in [0.5, 0.6) is 5.75 Å². The van der Waals surface area contributed by atoms with Crippen LogP contribution in [0.1, 0.15) is 48.9 Å². The van der Waals surface area contributed by atoms with Gasteiger partial charge >= 0.3 is 0 Å². The van der Waals surface area contributed by atoms with Crippen LogP contribution in [0.25, 0.3) is 0 Å². The highest BCUT2D eigenvalue weighted by atomic mass is 16.5. The van der Waals surface area contributed by atoms with Gasteiger partial charge in [0.1, 0.15) is 35.1 Å². The highest BCUT2D eigenvalue weighted by molar-refractivity contribution is 5.98. The number of nitrogen functional groups attached to an aromatic ring is 2. The van der Waals surface area contributed by atoms with E-state index in [4.69, 9.17) is 21.5 Å². The maximum Gasteiger partial charge on any atom is 0.211 e. The number of fused-ring (bicyclic) bond motifs is 1. The molecular formula is C24H29N9O. The molecule has 0 aliphatic carbocycles. The minimum absolute atomic E-state index is 0.0170. The zero-order chi connectivity index (χ0) is 24.1. The molecule has 0 saturated carbocycles. The molecule has 176 valence electrons. The second-order valence-electron chi connectivity index (χ2n) is 8.72. The molecule has 1 fully saturated rings. The van der Waals surface area contributed by atoms with E-state index in [-0.39, 0.29) is 23.0 Å². The quantitative estimate of drug-likeness (QED) is 0.289. The molecule has 2 aromatic rings. The number of aromatic nitrogens is 1.